The molecule has 1 amide bonds. The van der Waals surface area contributed by atoms with Gasteiger partial charge in [-0.15, -0.1) is 0 Å². The van der Waals surface area contributed by atoms with Crippen LogP contribution in [0.3, 0.4) is 0 Å². The zero-order valence-corrected chi connectivity index (χ0v) is 15.5. The van der Waals surface area contributed by atoms with E-state index in [4.69, 9.17) is 4.84 Å². The van der Waals surface area contributed by atoms with Crippen molar-refractivity contribution in [3.63, 3.8) is 0 Å². The van der Waals surface area contributed by atoms with Crippen molar-refractivity contribution in [3.8, 4) is 0 Å². The highest BCUT2D eigenvalue weighted by atomic mass is 19.3. The predicted molar refractivity (Wildman–Crippen MR) is 98.7 cm³/mol. The summed E-state index contributed by atoms with van der Waals surface area (Å²) >= 11 is 0. The molecule has 1 N–H and O–H groups in total. The fourth-order valence-corrected chi connectivity index (χ4v) is 3.50. The molecule has 2 atom stereocenters. The summed E-state index contributed by atoms with van der Waals surface area (Å²) < 4.78 is 27.7. The summed E-state index contributed by atoms with van der Waals surface area (Å²) in [5.74, 6) is 0.207. The summed E-state index contributed by atoms with van der Waals surface area (Å²) in [6.07, 6.45) is 4.37. The molecule has 8 heteroatoms. The van der Waals surface area contributed by atoms with Gasteiger partial charge in [0.1, 0.15) is 5.71 Å². The van der Waals surface area contributed by atoms with Crippen LogP contribution in [0.4, 0.5) is 8.78 Å². The van der Waals surface area contributed by atoms with Gasteiger partial charge in [-0.25, -0.2) is 4.98 Å². The van der Waals surface area contributed by atoms with E-state index in [1.807, 2.05) is 0 Å². The molecule has 1 aliphatic rings. The Bertz CT molecular complexity index is 834. The van der Waals surface area contributed by atoms with Crippen LogP contribution in [0.5, 0.6) is 0 Å². The lowest BCUT2D eigenvalue weighted by atomic mass is 9.86. The molecule has 0 bridgehead atoms. The minimum absolute atomic E-state index is 0.0208. The molecule has 1 aliphatic carbocycles. The fraction of sp³-hybridized carbons (Fsp3) is 0.526. The summed E-state index contributed by atoms with van der Waals surface area (Å²) in [6.45, 7) is 0.646. The Morgan fingerprint density at radius 2 is 2.11 bits per heavy atom. The molecule has 27 heavy (non-hydrogen) atoms. The normalized spacial score (nSPS) is 20.9. The number of fused-ring (bicyclic) bond motifs is 1. The number of nitrogens with one attached hydrogen (secondary N) is 1. The number of hydrogen-bond donors (Lipinski definition) is 1. The van der Waals surface area contributed by atoms with Crippen LogP contribution in [0.25, 0.3) is 11.0 Å². The smallest absolute Gasteiger partial charge is 0.320 e. The van der Waals surface area contributed by atoms with Crippen LogP contribution in [0.15, 0.2) is 29.4 Å². The highest BCUT2D eigenvalue weighted by molar-refractivity contribution is 5.98. The average molecular weight is 378 g/mol. The van der Waals surface area contributed by atoms with Gasteiger partial charge in [0.25, 0.3) is 5.91 Å². The number of benzene rings is 1. The average Bonchev–Trinajstić information content (AvgIpc) is 3.03. The Hall–Kier alpha value is -2.51. The van der Waals surface area contributed by atoms with Gasteiger partial charge in [0.05, 0.1) is 11.0 Å². The number of rotatable bonds is 6. The van der Waals surface area contributed by atoms with Gasteiger partial charge in [0, 0.05) is 6.04 Å². The van der Waals surface area contributed by atoms with Gasteiger partial charge in [-0.2, -0.15) is 8.78 Å². The third kappa shape index (κ3) is 4.43. The summed E-state index contributed by atoms with van der Waals surface area (Å²) in [7, 11) is 0. The molecule has 0 spiro atoms. The van der Waals surface area contributed by atoms with Crippen LogP contribution < -0.4 is 5.32 Å². The lowest BCUT2D eigenvalue weighted by Gasteiger charge is -2.29. The lowest BCUT2D eigenvalue weighted by molar-refractivity contribution is -0.126. The summed E-state index contributed by atoms with van der Waals surface area (Å²) in [4.78, 5) is 21.3. The maximum absolute atomic E-state index is 13.5. The molecule has 0 unspecified atom stereocenters. The van der Waals surface area contributed by atoms with Crippen molar-refractivity contribution < 1.29 is 18.4 Å². The second kappa shape index (κ2) is 8.45. The van der Waals surface area contributed by atoms with Gasteiger partial charge >= 0.3 is 6.55 Å². The monoisotopic (exact) mass is 378 g/mol. The lowest BCUT2D eigenvalue weighted by Crippen LogP contribution is -2.42. The van der Waals surface area contributed by atoms with E-state index in [1.165, 1.54) is 13.3 Å². The van der Waals surface area contributed by atoms with E-state index in [-0.39, 0.29) is 30.1 Å². The maximum atomic E-state index is 13.5. The SMILES string of the molecule is C/C(=N/OCC(=O)N[C@H]1CCCC[C@H]1C)c1nc2ccccc2n1C(F)F. The van der Waals surface area contributed by atoms with Crippen molar-refractivity contribution in [2.75, 3.05) is 6.61 Å². The summed E-state index contributed by atoms with van der Waals surface area (Å²) in [6, 6.07) is 6.79. The highest BCUT2D eigenvalue weighted by Gasteiger charge is 2.23. The zero-order valence-electron chi connectivity index (χ0n) is 15.5. The van der Waals surface area contributed by atoms with Crippen molar-refractivity contribution in [2.45, 2.75) is 52.1 Å². The van der Waals surface area contributed by atoms with Crippen molar-refractivity contribution in [1.82, 2.24) is 14.9 Å². The van der Waals surface area contributed by atoms with Gasteiger partial charge in [0.2, 0.25) is 0 Å². The number of alkyl halides is 2. The molecule has 1 fully saturated rings. The molecule has 146 valence electrons. The second-order valence-electron chi connectivity index (χ2n) is 6.96. The molecule has 0 aliphatic heterocycles. The van der Waals surface area contributed by atoms with Gasteiger partial charge < -0.3 is 10.2 Å². The van der Waals surface area contributed by atoms with Gasteiger partial charge in [-0.05, 0) is 37.8 Å². The van der Waals surface area contributed by atoms with Crippen LogP contribution in [0.1, 0.15) is 51.9 Å². The molecule has 3 rings (SSSR count). The number of amides is 1. The van der Waals surface area contributed by atoms with Crippen LogP contribution >= 0.6 is 0 Å². The number of oxime groups is 1. The van der Waals surface area contributed by atoms with Crippen molar-refractivity contribution in [1.29, 1.82) is 0 Å². The van der Waals surface area contributed by atoms with Crippen molar-refractivity contribution in [2.24, 2.45) is 11.1 Å². The number of carbonyl (C=O) groups is 1. The minimum Gasteiger partial charge on any atom is -0.385 e. The van der Waals surface area contributed by atoms with E-state index in [1.54, 1.807) is 24.3 Å². The summed E-state index contributed by atoms with van der Waals surface area (Å²) in [5.41, 5.74) is 0.956. The van der Waals surface area contributed by atoms with Gasteiger partial charge in [-0.1, -0.05) is 37.1 Å². The Morgan fingerprint density at radius 1 is 1.37 bits per heavy atom. The van der Waals surface area contributed by atoms with E-state index < -0.39 is 6.55 Å². The van der Waals surface area contributed by atoms with Crippen molar-refractivity contribution in [3.05, 3.63) is 30.1 Å². The zero-order chi connectivity index (χ0) is 19.4. The first-order valence-corrected chi connectivity index (χ1v) is 9.18. The number of para-hydroxylation sites is 2. The molecular formula is C19H24F2N4O2. The number of hydrogen-bond acceptors (Lipinski definition) is 4. The third-order valence-electron chi connectivity index (χ3n) is 4.97. The number of nitrogens with zero attached hydrogens (tertiary/aromatic N) is 3. The molecule has 2 aromatic rings. The molecule has 1 saturated carbocycles. The maximum Gasteiger partial charge on any atom is 0.320 e. The first-order valence-electron chi connectivity index (χ1n) is 9.18. The number of imidazole rings is 1. The molecule has 0 saturated heterocycles. The van der Waals surface area contributed by atoms with Crippen LogP contribution in [0, 0.1) is 5.92 Å². The van der Waals surface area contributed by atoms with E-state index in [9.17, 15) is 13.6 Å². The Morgan fingerprint density at radius 3 is 2.85 bits per heavy atom. The van der Waals surface area contributed by atoms with E-state index in [0.29, 0.717) is 17.0 Å². The Labute approximate surface area is 156 Å². The Kier molecular flexibility index (Phi) is 6.03. The molecular weight excluding hydrogens is 354 g/mol. The van der Waals surface area contributed by atoms with Gasteiger partial charge in [0.15, 0.2) is 12.4 Å². The highest BCUT2D eigenvalue weighted by Crippen LogP contribution is 2.24. The van der Waals surface area contributed by atoms with E-state index in [0.717, 1.165) is 23.8 Å². The summed E-state index contributed by atoms with van der Waals surface area (Å²) in [5, 5.41) is 6.78. The molecule has 6 nitrogen and oxygen atoms in total. The van der Waals surface area contributed by atoms with Crippen LogP contribution in [0.2, 0.25) is 0 Å². The number of halogens is 2. The quantitative estimate of drug-likeness (QED) is 0.613. The number of aromatic nitrogens is 2. The van der Waals surface area contributed by atoms with Crippen LogP contribution in [-0.4, -0.2) is 33.8 Å². The molecule has 0 radical (unpaired) electrons. The largest absolute Gasteiger partial charge is 0.385 e. The topological polar surface area (TPSA) is 68.5 Å². The van der Waals surface area contributed by atoms with Gasteiger partial charge in [-0.3, -0.25) is 9.36 Å². The third-order valence-corrected chi connectivity index (χ3v) is 4.97. The standard InChI is InChI=1S/C19H24F2N4O2/c1-12-7-3-4-8-14(12)22-17(26)11-27-24-13(2)18-23-15-9-5-6-10-16(15)25(18)19(20)21/h5-6,9-10,12,14,19H,3-4,7-8,11H2,1-2H3,(H,22,26)/b24-13-/t12-,14+/m1/s1. The first-order chi connectivity index (χ1) is 13.0. The first kappa shape index (κ1) is 19.3. The molecule has 1 aromatic carbocycles. The molecule has 1 heterocycles. The molecule has 1 aromatic heterocycles. The number of carbonyl (C=O) groups excluding carboxylic acids is 1. The minimum atomic E-state index is -2.76. The fourth-order valence-electron chi connectivity index (χ4n) is 3.50. The predicted octanol–water partition coefficient (Wildman–Crippen LogP) is 3.87. The second-order valence-corrected chi connectivity index (χ2v) is 6.96. The van der Waals surface area contributed by atoms with E-state index >= 15 is 0 Å². The van der Waals surface area contributed by atoms with Crippen molar-refractivity contribution >= 4 is 22.7 Å². The Balaban J connectivity index is 1.65. The van der Waals surface area contributed by atoms with E-state index in [2.05, 4.69) is 22.4 Å². The van der Waals surface area contributed by atoms with Crippen LogP contribution in [-0.2, 0) is 9.63 Å².